The standard InChI is InChI=1S/C34H33ClN6O4/c1-20(41(33(44)45)19-34(2,3)4)32(43)38-28-17-25(24-9-7-8-23-18-36-40(6)31(23)24)30(35)26(37-28)13-10-21-11-14-27-22(16-21)12-15-29(42)39(27)5/h7-9,11-12,14-18,20H,19H2,1-6H3,(H,44,45)(H,37,38,43). The number of halogens is 1. The van der Waals surface area contributed by atoms with Crippen LogP contribution in [0.15, 0.2) is 65.6 Å². The molecule has 5 rings (SSSR count). The number of hydrogen-bond donors (Lipinski definition) is 2. The molecule has 2 amide bonds. The van der Waals surface area contributed by atoms with Gasteiger partial charge in [0, 0.05) is 48.8 Å². The highest BCUT2D eigenvalue weighted by atomic mass is 35.5. The van der Waals surface area contributed by atoms with Crippen molar-refractivity contribution in [1.82, 2.24) is 24.2 Å². The number of benzene rings is 2. The first-order valence-electron chi connectivity index (χ1n) is 14.3. The lowest BCUT2D eigenvalue weighted by atomic mass is 9.95. The zero-order chi connectivity index (χ0) is 32.6. The number of nitrogens with zero attached hydrogens (tertiary/aromatic N) is 5. The molecule has 0 aliphatic heterocycles. The van der Waals surface area contributed by atoms with Crippen LogP contribution in [-0.2, 0) is 18.9 Å². The average molecular weight is 625 g/mol. The van der Waals surface area contributed by atoms with Crippen LogP contribution in [0.1, 0.15) is 39.0 Å². The molecule has 3 aromatic heterocycles. The SMILES string of the molecule is CC(C(=O)Nc1cc(-c2cccc3cnn(C)c23)c(Cl)c(C#Cc2ccc3c(ccc(=O)n3C)c2)n1)N(CC(C)(C)C)C(=O)O. The number of para-hydroxylation sites is 1. The predicted molar refractivity (Wildman–Crippen MR) is 176 cm³/mol. The van der Waals surface area contributed by atoms with Gasteiger partial charge in [0.1, 0.15) is 17.6 Å². The third kappa shape index (κ3) is 6.54. The molecule has 2 N–H and O–H groups in total. The number of carboxylic acid groups (broad SMARTS) is 1. The molecule has 0 spiro atoms. The van der Waals surface area contributed by atoms with Crippen LogP contribution in [0.5, 0.6) is 0 Å². The maximum Gasteiger partial charge on any atom is 0.407 e. The maximum atomic E-state index is 13.4. The Morgan fingerprint density at radius 1 is 1.04 bits per heavy atom. The van der Waals surface area contributed by atoms with Crippen molar-refractivity contribution in [1.29, 1.82) is 0 Å². The molecule has 0 fully saturated rings. The van der Waals surface area contributed by atoms with E-state index in [0.29, 0.717) is 11.1 Å². The number of amides is 2. The molecule has 1 unspecified atom stereocenters. The van der Waals surface area contributed by atoms with Gasteiger partial charge >= 0.3 is 6.09 Å². The predicted octanol–water partition coefficient (Wildman–Crippen LogP) is 5.89. The topological polar surface area (TPSA) is 122 Å². The molecule has 0 bridgehead atoms. The molecular weight excluding hydrogens is 592 g/mol. The van der Waals surface area contributed by atoms with Crippen LogP contribution in [0, 0.1) is 17.3 Å². The van der Waals surface area contributed by atoms with Crippen molar-refractivity contribution in [2.24, 2.45) is 19.5 Å². The minimum absolute atomic E-state index is 0.105. The lowest BCUT2D eigenvalue weighted by Gasteiger charge is -2.31. The first kappa shape index (κ1) is 31.3. The Morgan fingerprint density at radius 3 is 2.51 bits per heavy atom. The number of pyridine rings is 2. The van der Waals surface area contributed by atoms with E-state index in [4.69, 9.17) is 11.6 Å². The van der Waals surface area contributed by atoms with E-state index in [1.165, 1.54) is 6.07 Å². The van der Waals surface area contributed by atoms with Crippen molar-refractivity contribution in [3.8, 4) is 23.0 Å². The van der Waals surface area contributed by atoms with Crippen LogP contribution < -0.4 is 10.9 Å². The molecule has 10 nitrogen and oxygen atoms in total. The van der Waals surface area contributed by atoms with E-state index in [1.54, 1.807) is 41.5 Å². The molecule has 0 saturated carbocycles. The van der Waals surface area contributed by atoms with Gasteiger partial charge in [-0.05, 0) is 54.0 Å². The number of carbonyl (C=O) groups excluding carboxylic acids is 1. The molecule has 2 aromatic carbocycles. The van der Waals surface area contributed by atoms with Crippen LogP contribution in [-0.4, -0.2) is 53.9 Å². The number of fused-ring (bicyclic) bond motifs is 2. The third-order valence-corrected chi connectivity index (χ3v) is 7.83. The smallest absolute Gasteiger partial charge is 0.407 e. The molecule has 45 heavy (non-hydrogen) atoms. The van der Waals surface area contributed by atoms with Crippen LogP contribution >= 0.6 is 11.6 Å². The molecule has 3 heterocycles. The van der Waals surface area contributed by atoms with Gasteiger partial charge in [-0.25, -0.2) is 9.78 Å². The number of aryl methyl sites for hydroxylation is 2. The monoisotopic (exact) mass is 624 g/mol. The first-order valence-corrected chi connectivity index (χ1v) is 14.6. The number of aromatic nitrogens is 4. The van der Waals surface area contributed by atoms with Crippen LogP contribution in [0.2, 0.25) is 5.02 Å². The van der Waals surface area contributed by atoms with Crippen molar-refractivity contribution in [2.45, 2.75) is 33.7 Å². The van der Waals surface area contributed by atoms with E-state index in [1.807, 2.05) is 64.2 Å². The number of nitrogens with one attached hydrogen (secondary N) is 1. The zero-order valence-corrected chi connectivity index (χ0v) is 26.6. The maximum absolute atomic E-state index is 13.4. The second kappa shape index (κ2) is 12.1. The highest BCUT2D eigenvalue weighted by Gasteiger charge is 2.30. The number of hydrogen-bond acceptors (Lipinski definition) is 5. The van der Waals surface area contributed by atoms with Crippen molar-refractivity contribution in [3.05, 3.63) is 87.4 Å². The van der Waals surface area contributed by atoms with E-state index in [2.05, 4.69) is 27.2 Å². The van der Waals surface area contributed by atoms with Crippen molar-refractivity contribution >= 4 is 51.2 Å². The lowest BCUT2D eigenvalue weighted by Crippen LogP contribution is -2.48. The Bertz CT molecular complexity index is 2100. The van der Waals surface area contributed by atoms with E-state index >= 15 is 0 Å². The van der Waals surface area contributed by atoms with Crippen LogP contribution in [0.25, 0.3) is 32.9 Å². The van der Waals surface area contributed by atoms with Crippen molar-refractivity contribution in [2.75, 3.05) is 11.9 Å². The van der Waals surface area contributed by atoms with Crippen LogP contribution in [0.4, 0.5) is 10.6 Å². The van der Waals surface area contributed by atoms with Gasteiger partial charge in [0.05, 0.1) is 22.3 Å². The Hall–Kier alpha value is -5.14. The minimum atomic E-state index is -1.19. The summed E-state index contributed by atoms with van der Waals surface area (Å²) in [7, 11) is 3.54. The Kier molecular flexibility index (Phi) is 8.41. The summed E-state index contributed by atoms with van der Waals surface area (Å²) >= 11 is 6.97. The number of anilines is 1. The molecular formula is C34H33ClN6O4. The number of carbonyl (C=O) groups is 2. The summed E-state index contributed by atoms with van der Waals surface area (Å²) < 4.78 is 3.31. The summed E-state index contributed by atoms with van der Waals surface area (Å²) in [4.78, 5) is 43.2. The van der Waals surface area contributed by atoms with E-state index in [9.17, 15) is 19.5 Å². The Morgan fingerprint density at radius 2 is 1.80 bits per heavy atom. The summed E-state index contributed by atoms with van der Waals surface area (Å²) in [6.45, 7) is 7.41. The largest absolute Gasteiger partial charge is 0.465 e. The Balaban J connectivity index is 1.60. The summed E-state index contributed by atoms with van der Waals surface area (Å²) in [5.41, 5.74) is 3.38. The van der Waals surface area contributed by atoms with Gasteiger partial charge < -0.3 is 15.0 Å². The fourth-order valence-corrected chi connectivity index (χ4v) is 5.42. The van der Waals surface area contributed by atoms with Crippen molar-refractivity contribution in [3.63, 3.8) is 0 Å². The lowest BCUT2D eigenvalue weighted by molar-refractivity contribution is -0.120. The second-order valence-electron chi connectivity index (χ2n) is 12.1. The van der Waals surface area contributed by atoms with E-state index in [-0.39, 0.29) is 34.1 Å². The fourth-order valence-electron chi connectivity index (χ4n) is 5.17. The summed E-state index contributed by atoms with van der Waals surface area (Å²) in [5.74, 6) is 5.80. The number of rotatable bonds is 5. The molecule has 0 aliphatic rings. The molecule has 11 heteroatoms. The normalized spacial score (nSPS) is 12.1. The van der Waals surface area contributed by atoms with E-state index < -0.39 is 18.0 Å². The van der Waals surface area contributed by atoms with Crippen LogP contribution in [0.3, 0.4) is 0 Å². The van der Waals surface area contributed by atoms with E-state index in [0.717, 1.165) is 32.3 Å². The molecule has 0 radical (unpaired) electrons. The van der Waals surface area contributed by atoms with Crippen molar-refractivity contribution < 1.29 is 14.7 Å². The Labute approximate surface area is 265 Å². The summed E-state index contributed by atoms with van der Waals surface area (Å²) in [6.07, 6.45) is 0.562. The van der Waals surface area contributed by atoms with Gasteiger partial charge in [-0.3, -0.25) is 19.2 Å². The highest BCUT2D eigenvalue weighted by Crippen LogP contribution is 2.36. The van der Waals surface area contributed by atoms with Gasteiger partial charge in [-0.15, -0.1) is 0 Å². The van der Waals surface area contributed by atoms with Gasteiger partial charge in [-0.2, -0.15) is 5.10 Å². The fraction of sp³-hybridized carbons (Fsp3) is 0.265. The first-order chi connectivity index (χ1) is 21.2. The van der Waals surface area contributed by atoms with Gasteiger partial charge in [0.15, 0.2) is 0 Å². The third-order valence-electron chi connectivity index (χ3n) is 7.45. The zero-order valence-electron chi connectivity index (χ0n) is 25.8. The van der Waals surface area contributed by atoms with Gasteiger partial charge in [0.25, 0.3) is 5.56 Å². The quantitative estimate of drug-likeness (QED) is 0.235. The molecule has 1 atom stereocenters. The van der Waals surface area contributed by atoms with Gasteiger partial charge in [0.2, 0.25) is 5.91 Å². The summed E-state index contributed by atoms with van der Waals surface area (Å²) in [6, 6.07) is 15.2. The summed E-state index contributed by atoms with van der Waals surface area (Å²) in [5, 5.41) is 19.1. The molecule has 230 valence electrons. The molecule has 0 aliphatic carbocycles. The molecule has 0 saturated heterocycles. The minimum Gasteiger partial charge on any atom is -0.465 e. The highest BCUT2D eigenvalue weighted by molar-refractivity contribution is 6.34. The second-order valence-corrected chi connectivity index (χ2v) is 12.5. The van der Waals surface area contributed by atoms with Gasteiger partial charge in [-0.1, -0.05) is 56.5 Å². The average Bonchev–Trinajstić information content (AvgIpc) is 3.37. The molecule has 5 aromatic rings.